The van der Waals surface area contributed by atoms with Crippen molar-refractivity contribution in [3.63, 3.8) is 0 Å². The molecule has 0 aromatic rings. The molecule has 1 aliphatic heterocycles. The molecule has 0 spiro atoms. The summed E-state index contributed by atoms with van der Waals surface area (Å²) in [6.45, 7) is 8.53. The lowest BCUT2D eigenvalue weighted by Gasteiger charge is -2.27. The highest BCUT2D eigenvalue weighted by Crippen LogP contribution is 2.17. The first-order valence-electron chi connectivity index (χ1n) is 5.23. The van der Waals surface area contributed by atoms with Gasteiger partial charge in [-0.05, 0) is 19.3 Å². The molecule has 0 atom stereocenters. The van der Waals surface area contributed by atoms with Gasteiger partial charge in [0.15, 0.2) is 5.17 Å². The number of thioether (sulfide) groups is 1. The molecule has 4 heteroatoms. The Hall–Kier alpha value is -0.510. The third kappa shape index (κ3) is 3.70. The highest BCUT2D eigenvalue weighted by atomic mass is 32.2. The van der Waals surface area contributed by atoms with Crippen LogP contribution in [0.5, 0.6) is 0 Å². The largest absolute Gasteiger partial charge is 0.350 e. The van der Waals surface area contributed by atoms with Crippen LogP contribution in [-0.4, -0.2) is 35.1 Å². The SMILES string of the molecule is CCN1CCCS/C1=N\N=C\C(C)C. The van der Waals surface area contributed by atoms with Crippen LogP contribution in [0, 0.1) is 5.92 Å². The first-order chi connectivity index (χ1) is 6.74. The summed E-state index contributed by atoms with van der Waals surface area (Å²) in [6, 6.07) is 0. The van der Waals surface area contributed by atoms with E-state index in [2.05, 4.69) is 35.9 Å². The molecule has 1 fully saturated rings. The van der Waals surface area contributed by atoms with Gasteiger partial charge in [0, 0.05) is 25.1 Å². The number of hydrogen-bond acceptors (Lipinski definition) is 3. The van der Waals surface area contributed by atoms with E-state index >= 15 is 0 Å². The van der Waals surface area contributed by atoms with Crippen LogP contribution in [0.4, 0.5) is 0 Å². The number of hydrogen-bond donors (Lipinski definition) is 0. The fourth-order valence-corrected chi connectivity index (χ4v) is 2.17. The summed E-state index contributed by atoms with van der Waals surface area (Å²) < 4.78 is 0. The van der Waals surface area contributed by atoms with Gasteiger partial charge in [-0.1, -0.05) is 25.6 Å². The highest BCUT2D eigenvalue weighted by molar-refractivity contribution is 8.13. The predicted molar refractivity (Wildman–Crippen MR) is 65.1 cm³/mol. The Bertz CT molecular complexity index is 223. The molecule has 14 heavy (non-hydrogen) atoms. The van der Waals surface area contributed by atoms with Crippen LogP contribution in [0.1, 0.15) is 27.2 Å². The molecule has 0 saturated carbocycles. The molecular weight excluding hydrogens is 194 g/mol. The lowest BCUT2D eigenvalue weighted by molar-refractivity contribution is 0.442. The number of rotatable bonds is 3. The standard InChI is InChI=1S/C10H19N3S/c1-4-13-6-5-7-14-10(13)12-11-8-9(2)3/h8-9H,4-7H2,1-3H3/b11-8+,12-10-. The van der Waals surface area contributed by atoms with Crippen molar-refractivity contribution in [1.29, 1.82) is 0 Å². The van der Waals surface area contributed by atoms with Gasteiger partial charge in [-0.3, -0.25) is 0 Å². The molecule has 0 N–H and O–H groups in total. The Morgan fingerprint density at radius 1 is 1.57 bits per heavy atom. The minimum absolute atomic E-state index is 0.475. The Balaban J connectivity index is 2.54. The molecule has 0 bridgehead atoms. The molecule has 1 aliphatic rings. The molecule has 0 aliphatic carbocycles. The zero-order valence-corrected chi connectivity index (χ0v) is 10.0. The van der Waals surface area contributed by atoms with Gasteiger partial charge >= 0.3 is 0 Å². The summed E-state index contributed by atoms with van der Waals surface area (Å²) >= 11 is 1.81. The van der Waals surface area contributed by atoms with E-state index in [1.165, 1.54) is 12.2 Å². The summed E-state index contributed by atoms with van der Waals surface area (Å²) in [5, 5.41) is 9.42. The van der Waals surface area contributed by atoms with Crippen molar-refractivity contribution in [2.24, 2.45) is 16.1 Å². The third-order valence-electron chi connectivity index (χ3n) is 1.96. The van der Waals surface area contributed by atoms with Crippen LogP contribution < -0.4 is 0 Å². The zero-order chi connectivity index (χ0) is 10.4. The van der Waals surface area contributed by atoms with Crippen LogP contribution in [0.3, 0.4) is 0 Å². The molecule has 1 rings (SSSR count). The van der Waals surface area contributed by atoms with Crippen molar-refractivity contribution in [2.45, 2.75) is 27.2 Å². The van der Waals surface area contributed by atoms with Crippen LogP contribution >= 0.6 is 11.8 Å². The van der Waals surface area contributed by atoms with Gasteiger partial charge in [-0.25, -0.2) is 0 Å². The van der Waals surface area contributed by atoms with E-state index in [0.29, 0.717) is 5.92 Å². The average molecular weight is 213 g/mol. The maximum absolute atomic E-state index is 4.25. The number of nitrogens with zero attached hydrogens (tertiary/aromatic N) is 3. The average Bonchev–Trinajstić information content (AvgIpc) is 2.18. The fourth-order valence-electron chi connectivity index (χ4n) is 1.21. The minimum atomic E-state index is 0.475. The zero-order valence-electron chi connectivity index (χ0n) is 9.23. The summed E-state index contributed by atoms with van der Waals surface area (Å²) in [4.78, 5) is 2.28. The van der Waals surface area contributed by atoms with E-state index in [1.807, 2.05) is 18.0 Å². The molecule has 1 saturated heterocycles. The second-order valence-electron chi connectivity index (χ2n) is 3.67. The van der Waals surface area contributed by atoms with Gasteiger partial charge in [-0.15, -0.1) is 5.10 Å². The highest BCUT2D eigenvalue weighted by Gasteiger charge is 2.14. The minimum Gasteiger partial charge on any atom is -0.350 e. The fraction of sp³-hybridized carbons (Fsp3) is 0.800. The summed E-state index contributed by atoms with van der Waals surface area (Å²) in [5.74, 6) is 1.65. The van der Waals surface area contributed by atoms with E-state index < -0.39 is 0 Å². The Kier molecular flexibility index (Phi) is 5.01. The topological polar surface area (TPSA) is 28.0 Å². The predicted octanol–water partition coefficient (Wildman–Crippen LogP) is 2.44. The van der Waals surface area contributed by atoms with Crippen molar-refractivity contribution in [1.82, 2.24) is 4.90 Å². The summed E-state index contributed by atoms with van der Waals surface area (Å²) in [6.07, 6.45) is 3.14. The van der Waals surface area contributed by atoms with E-state index in [4.69, 9.17) is 0 Å². The second kappa shape index (κ2) is 6.06. The van der Waals surface area contributed by atoms with E-state index in [0.717, 1.165) is 18.3 Å². The molecule has 0 amide bonds. The van der Waals surface area contributed by atoms with Crippen molar-refractivity contribution >= 4 is 23.1 Å². The first-order valence-corrected chi connectivity index (χ1v) is 6.21. The van der Waals surface area contributed by atoms with Crippen molar-refractivity contribution in [3.8, 4) is 0 Å². The van der Waals surface area contributed by atoms with Crippen LogP contribution in [0.15, 0.2) is 10.2 Å². The molecule has 0 unspecified atom stereocenters. The Morgan fingerprint density at radius 2 is 2.36 bits per heavy atom. The van der Waals surface area contributed by atoms with Gasteiger partial charge in [0.1, 0.15) is 0 Å². The van der Waals surface area contributed by atoms with Crippen molar-refractivity contribution in [3.05, 3.63) is 0 Å². The molecule has 0 aromatic carbocycles. The Labute approximate surface area is 90.7 Å². The quantitative estimate of drug-likeness (QED) is 0.532. The maximum Gasteiger partial charge on any atom is 0.185 e. The van der Waals surface area contributed by atoms with Crippen molar-refractivity contribution in [2.75, 3.05) is 18.8 Å². The van der Waals surface area contributed by atoms with Crippen molar-refractivity contribution < 1.29 is 0 Å². The monoisotopic (exact) mass is 213 g/mol. The van der Waals surface area contributed by atoms with E-state index in [1.54, 1.807) is 0 Å². The van der Waals surface area contributed by atoms with Gasteiger partial charge in [-0.2, -0.15) is 5.10 Å². The maximum atomic E-state index is 4.25. The lowest BCUT2D eigenvalue weighted by Crippen LogP contribution is -2.33. The smallest absolute Gasteiger partial charge is 0.185 e. The van der Waals surface area contributed by atoms with Gasteiger partial charge < -0.3 is 4.90 Å². The van der Waals surface area contributed by atoms with Gasteiger partial charge in [0.2, 0.25) is 0 Å². The van der Waals surface area contributed by atoms with E-state index in [-0.39, 0.29) is 0 Å². The molecule has 3 nitrogen and oxygen atoms in total. The molecular formula is C10H19N3S. The number of amidine groups is 1. The molecule has 1 heterocycles. The van der Waals surface area contributed by atoms with Gasteiger partial charge in [0.25, 0.3) is 0 Å². The van der Waals surface area contributed by atoms with Crippen LogP contribution in [0.25, 0.3) is 0 Å². The first kappa shape index (κ1) is 11.6. The summed E-state index contributed by atoms with van der Waals surface area (Å²) in [7, 11) is 0. The lowest BCUT2D eigenvalue weighted by atomic mass is 10.3. The summed E-state index contributed by atoms with van der Waals surface area (Å²) in [5.41, 5.74) is 0. The Morgan fingerprint density at radius 3 is 3.00 bits per heavy atom. The third-order valence-corrected chi connectivity index (χ3v) is 3.05. The normalized spacial score (nSPS) is 21.4. The van der Waals surface area contributed by atoms with Crippen LogP contribution in [-0.2, 0) is 0 Å². The van der Waals surface area contributed by atoms with Gasteiger partial charge in [0.05, 0.1) is 0 Å². The molecule has 80 valence electrons. The molecule has 0 radical (unpaired) electrons. The van der Waals surface area contributed by atoms with E-state index in [9.17, 15) is 0 Å². The van der Waals surface area contributed by atoms with Crippen LogP contribution in [0.2, 0.25) is 0 Å². The molecule has 0 aromatic heterocycles. The second-order valence-corrected chi connectivity index (χ2v) is 4.73.